The van der Waals surface area contributed by atoms with Crippen LogP contribution >= 0.6 is 0 Å². The molecular weight excluding hydrogens is 502 g/mol. The maximum atomic E-state index is 13.2. The van der Waals surface area contributed by atoms with E-state index < -0.39 is 29.7 Å². The minimum atomic E-state index is -4.96. The summed E-state index contributed by atoms with van der Waals surface area (Å²) in [5.74, 6) is -0.684. The van der Waals surface area contributed by atoms with Gasteiger partial charge in [-0.3, -0.25) is 10.1 Å². The Hall–Kier alpha value is -3.18. The number of aliphatic hydroxyl groups excluding tert-OH is 1. The van der Waals surface area contributed by atoms with Crippen LogP contribution in [0.15, 0.2) is 48.5 Å². The fourth-order valence-corrected chi connectivity index (χ4v) is 4.57. The van der Waals surface area contributed by atoms with E-state index in [1.165, 1.54) is 18.2 Å². The largest absolute Gasteiger partial charge is 0.466 e. The Morgan fingerprint density at radius 3 is 2.32 bits per heavy atom. The molecule has 1 heterocycles. The molecule has 198 valence electrons. The van der Waals surface area contributed by atoms with Gasteiger partial charge in [-0.2, -0.15) is 26.3 Å². The SMILES string of the molecule is CCOC(=O)C1CCCC1NC(O)c1ccc2nc(-c3cc(C(F)(F)F)cc(C(F)(F)F)c3)ccc2c1. The lowest BCUT2D eigenvalue weighted by atomic mass is 10.0. The van der Waals surface area contributed by atoms with Crippen molar-refractivity contribution in [1.29, 1.82) is 0 Å². The lowest BCUT2D eigenvalue weighted by Crippen LogP contribution is -2.39. The van der Waals surface area contributed by atoms with E-state index in [0.717, 1.165) is 6.42 Å². The molecule has 0 spiro atoms. The summed E-state index contributed by atoms with van der Waals surface area (Å²) >= 11 is 0. The summed E-state index contributed by atoms with van der Waals surface area (Å²) in [6.07, 6.45) is -8.88. The van der Waals surface area contributed by atoms with Crippen molar-refractivity contribution in [2.24, 2.45) is 5.92 Å². The molecule has 0 bridgehead atoms. The second-order valence-electron chi connectivity index (χ2n) is 8.91. The zero-order valence-electron chi connectivity index (χ0n) is 19.7. The number of nitrogens with zero attached hydrogens (tertiary/aromatic N) is 1. The summed E-state index contributed by atoms with van der Waals surface area (Å²) in [4.78, 5) is 16.4. The van der Waals surface area contributed by atoms with Crippen molar-refractivity contribution >= 4 is 16.9 Å². The van der Waals surface area contributed by atoms with Gasteiger partial charge in [-0.1, -0.05) is 18.6 Å². The van der Waals surface area contributed by atoms with E-state index in [2.05, 4.69) is 10.3 Å². The van der Waals surface area contributed by atoms with E-state index in [1.54, 1.807) is 19.1 Å². The summed E-state index contributed by atoms with van der Waals surface area (Å²) in [6, 6.07) is 8.60. The highest BCUT2D eigenvalue weighted by Gasteiger charge is 2.37. The zero-order chi connectivity index (χ0) is 27.0. The third kappa shape index (κ3) is 6.04. The van der Waals surface area contributed by atoms with Gasteiger partial charge in [0.15, 0.2) is 0 Å². The number of alkyl halides is 6. The molecule has 4 rings (SSSR count). The molecule has 37 heavy (non-hydrogen) atoms. The molecule has 0 saturated heterocycles. The molecule has 1 saturated carbocycles. The highest BCUT2D eigenvalue weighted by molar-refractivity contribution is 5.82. The molecule has 3 unspecified atom stereocenters. The Bertz CT molecular complexity index is 1260. The number of ether oxygens (including phenoxy) is 1. The number of hydrogen-bond donors (Lipinski definition) is 2. The summed E-state index contributed by atoms with van der Waals surface area (Å²) in [5, 5.41) is 14.3. The number of hydrogen-bond acceptors (Lipinski definition) is 5. The molecule has 3 atom stereocenters. The van der Waals surface area contributed by atoms with E-state index in [0.29, 0.717) is 41.4 Å². The molecule has 1 aliphatic carbocycles. The summed E-state index contributed by atoms with van der Waals surface area (Å²) in [6.45, 7) is 1.99. The Balaban J connectivity index is 1.60. The van der Waals surface area contributed by atoms with Crippen LogP contribution in [0.2, 0.25) is 0 Å². The third-order valence-electron chi connectivity index (χ3n) is 6.39. The first-order chi connectivity index (χ1) is 17.4. The minimum absolute atomic E-state index is 0.0567. The molecule has 3 aromatic rings. The van der Waals surface area contributed by atoms with Gasteiger partial charge in [0.05, 0.1) is 34.9 Å². The molecule has 1 aliphatic rings. The van der Waals surface area contributed by atoms with E-state index in [4.69, 9.17) is 4.74 Å². The van der Waals surface area contributed by atoms with Crippen molar-refractivity contribution in [2.45, 2.75) is 50.8 Å². The average molecular weight is 526 g/mol. The molecule has 2 N–H and O–H groups in total. The Kier molecular flexibility index (Phi) is 7.48. The first-order valence-electron chi connectivity index (χ1n) is 11.7. The number of halogens is 6. The predicted octanol–water partition coefficient (Wildman–Crippen LogP) is 6.25. The molecule has 0 aliphatic heterocycles. The van der Waals surface area contributed by atoms with Gasteiger partial charge in [-0.15, -0.1) is 0 Å². The van der Waals surface area contributed by atoms with E-state index in [1.807, 2.05) is 0 Å². The molecule has 2 aromatic carbocycles. The fraction of sp³-hybridized carbons (Fsp3) is 0.385. The molecule has 0 radical (unpaired) electrons. The van der Waals surface area contributed by atoms with Gasteiger partial charge in [0.2, 0.25) is 0 Å². The van der Waals surface area contributed by atoms with Gasteiger partial charge in [0, 0.05) is 17.0 Å². The van der Waals surface area contributed by atoms with Crippen LogP contribution in [0.25, 0.3) is 22.2 Å². The van der Waals surface area contributed by atoms with Gasteiger partial charge in [-0.05, 0) is 61.7 Å². The second-order valence-corrected chi connectivity index (χ2v) is 8.91. The number of carbonyl (C=O) groups is 1. The topological polar surface area (TPSA) is 71.5 Å². The quantitative estimate of drug-likeness (QED) is 0.226. The molecule has 0 amide bonds. The van der Waals surface area contributed by atoms with Gasteiger partial charge in [0.25, 0.3) is 0 Å². The normalized spacial score (nSPS) is 19.2. The number of nitrogens with one attached hydrogen (secondary N) is 1. The minimum Gasteiger partial charge on any atom is -0.466 e. The first kappa shape index (κ1) is 26.9. The van der Waals surface area contributed by atoms with Crippen LogP contribution in [0, 0.1) is 5.92 Å². The fourth-order valence-electron chi connectivity index (χ4n) is 4.57. The average Bonchev–Trinajstić information content (AvgIpc) is 3.30. The number of aliphatic hydroxyl groups is 1. The first-order valence-corrected chi connectivity index (χ1v) is 11.7. The zero-order valence-corrected chi connectivity index (χ0v) is 19.7. The summed E-state index contributed by atoms with van der Waals surface area (Å²) in [5.41, 5.74) is -2.42. The number of fused-ring (bicyclic) bond motifs is 1. The standard InChI is InChI=1S/C26H24F6N2O3/c1-2-37-24(36)19-4-3-5-22(19)34-23(35)15-7-9-20-14(10-15)6-8-21(33-20)16-11-17(25(27,28)29)13-18(12-16)26(30,31)32/h6-13,19,22-23,34-35H,2-5H2,1H3. The monoisotopic (exact) mass is 526 g/mol. The Morgan fingerprint density at radius 1 is 1.03 bits per heavy atom. The lowest BCUT2D eigenvalue weighted by Gasteiger charge is -2.23. The van der Waals surface area contributed by atoms with Gasteiger partial charge >= 0.3 is 18.3 Å². The molecule has 11 heteroatoms. The van der Waals surface area contributed by atoms with Crippen molar-refractivity contribution < 1.29 is 41.0 Å². The van der Waals surface area contributed by atoms with Crippen molar-refractivity contribution in [1.82, 2.24) is 10.3 Å². The van der Waals surface area contributed by atoms with E-state index in [9.17, 15) is 36.2 Å². The van der Waals surface area contributed by atoms with Crippen LogP contribution in [0.4, 0.5) is 26.3 Å². The Morgan fingerprint density at radius 2 is 1.70 bits per heavy atom. The van der Waals surface area contributed by atoms with Gasteiger partial charge in [0.1, 0.15) is 6.23 Å². The second kappa shape index (κ2) is 10.3. The number of esters is 1. The number of carbonyl (C=O) groups excluding carboxylic acids is 1. The van der Waals surface area contributed by atoms with Crippen LogP contribution in [0.1, 0.15) is 49.1 Å². The van der Waals surface area contributed by atoms with E-state index >= 15 is 0 Å². The highest BCUT2D eigenvalue weighted by atomic mass is 19.4. The van der Waals surface area contributed by atoms with Crippen LogP contribution in [-0.4, -0.2) is 28.7 Å². The number of benzene rings is 2. The van der Waals surface area contributed by atoms with E-state index in [-0.39, 0.29) is 41.9 Å². The number of aromatic nitrogens is 1. The van der Waals surface area contributed by atoms with Crippen LogP contribution < -0.4 is 5.32 Å². The summed E-state index contributed by atoms with van der Waals surface area (Å²) in [7, 11) is 0. The molecular formula is C26H24F6N2O3. The van der Waals surface area contributed by atoms with Gasteiger partial charge < -0.3 is 9.84 Å². The van der Waals surface area contributed by atoms with Crippen LogP contribution in [0.5, 0.6) is 0 Å². The van der Waals surface area contributed by atoms with Gasteiger partial charge in [-0.25, -0.2) is 4.98 Å². The van der Waals surface area contributed by atoms with Crippen molar-refractivity contribution in [3.05, 3.63) is 65.2 Å². The third-order valence-corrected chi connectivity index (χ3v) is 6.39. The molecule has 5 nitrogen and oxygen atoms in total. The van der Waals surface area contributed by atoms with Crippen molar-refractivity contribution in [3.63, 3.8) is 0 Å². The maximum absolute atomic E-state index is 13.2. The Labute approximate surface area is 208 Å². The van der Waals surface area contributed by atoms with Crippen molar-refractivity contribution in [2.75, 3.05) is 6.61 Å². The summed E-state index contributed by atoms with van der Waals surface area (Å²) < 4.78 is 84.5. The molecule has 1 fully saturated rings. The molecule has 1 aromatic heterocycles. The number of pyridine rings is 1. The maximum Gasteiger partial charge on any atom is 0.416 e. The van der Waals surface area contributed by atoms with Crippen LogP contribution in [0.3, 0.4) is 0 Å². The smallest absolute Gasteiger partial charge is 0.416 e. The van der Waals surface area contributed by atoms with Crippen molar-refractivity contribution in [3.8, 4) is 11.3 Å². The highest BCUT2D eigenvalue weighted by Crippen LogP contribution is 2.38. The number of rotatable bonds is 6. The lowest BCUT2D eigenvalue weighted by molar-refractivity contribution is -0.149. The predicted molar refractivity (Wildman–Crippen MR) is 123 cm³/mol. The van der Waals surface area contributed by atoms with Crippen LogP contribution in [-0.2, 0) is 21.9 Å².